The van der Waals surface area contributed by atoms with Crippen molar-refractivity contribution in [2.75, 3.05) is 42.9 Å². The lowest BCUT2D eigenvalue weighted by atomic mass is 10.3. The van der Waals surface area contributed by atoms with E-state index in [2.05, 4.69) is 32.0 Å². The molecule has 0 aliphatic carbocycles. The van der Waals surface area contributed by atoms with E-state index < -0.39 is 0 Å². The summed E-state index contributed by atoms with van der Waals surface area (Å²) in [6.45, 7) is 9.30. The third-order valence-corrected chi connectivity index (χ3v) is 4.90. The van der Waals surface area contributed by atoms with Crippen LogP contribution in [0.15, 0.2) is 24.3 Å². The van der Waals surface area contributed by atoms with E-state index in [-0.39, 0.29) is 0 Å². The highest BCUT2D eigenvalue weighted by Gasteiger charge is 2.17. The van der Waals surface area contributed by atoms with Crippen molar-refractivity contribution in [3.63, 3.8) is 0 Å². The zero-order valence-electron chi connectivity index (χ0n) is 13.9. The van der Waals surface area contributed by atoms with Crippen LogP contribution in [0.25, 0.3) is 0 Å². The molecule has 1 N–H and O–H groups in total. The van der Waals surface area contributed by atoms with Gasteiger partial charge in [-0.05, 0) is 31.7 Å². The van der Waals surface area contributed by atoms with Gasteiger partial charge >= 0.3 is 0 Å². The van der Waals surface area contributed by atoms with Crippen molar-refractivity contribution < 1.29 is 0 Å². The second kappa shape index (κ2) is 7.55. The van der Waals surface area contributed by atoms with Gasteiger partial charge in [0.1, 0.15) is 17.5 Å². The van der Waals surface area contributed by atoms with Gasteiger partial charge in [-0.2, -0.15) is 0 Å². The molecule has 1 aromatic carbocycles. The fourth-order valence-corrected chi connectivity index (χ4v) is 3.09. The Labute approximate surface area is 152 Å². The lowest BCUT2D eigenvalue weighted by molar-refractivity contribution is 0.270. The summed E-state index contributed by atoms with van der Waals surface area (Å²) >= 11 is 12.0. The number of aryl methyl sites for hydroxylation is 1. The maximum absolute atomic E-state index is 6.07. The smallest absolute Gasteiger partial charge is 0.136 e. The maximum Gasteiger partial charge on any atom is 0.136 e. The van der Waals surface area contributed by atoms with E-state index >= 15 is 0 Å². The summed E-state index contributed by atoms with van der Waals surface area (Å²) in [6, 6.07) is 7.43. The SMILES string of the molecule is CCN1CCN(c2cc(Nc3ccc(Cl)c(Cl)c3)nc(C)n2)CC1. The molecule has 0 bridgehead atoms. The summed E-state index contributed by atoms with van der Waals surface area (Å²) in [5.41, 5.74) is 0.851. The van der Waals surface area contributed by atoms with Crippen molar-refractivity contribution in [3.8, 4) is 0 Å². The number of halogens is 2. The fraction of sp³-hybridized carbons (Fsp3) is 0.412. The largest absolute Gasteiger partial charge is 0.354 e. The number of aromatic nitrogens is 2. The van der Waals surface area contributed by atoms with Crippen LogP contribution in [-0.2, 0) is 0 Å². The Kier molecular flexibility index (Phi) is 5.43. The summed E-state index contributed by atoms with van der Waals surface area (Å²) < 4.78 is 0. The summed E-state index contributed by atoms with van der Waals surface area (Å²) in [6.07, 6.45) is 0. The molecule has 128 valence electrons. The first kappa shape index (κ1) is 17.3. The first-order valence-electron chi connectivity index (χ1n) is 8.10. The average molecular weight is 366 g/mol. The lowest BCUT2D eigenvalue weighted by Crippen LogP contribution is -2.46. The van der Waals surface area contributed by atoms with Gasteiger partial charge in [-0.1, -0.05) is 30.1 Å². The summed E-state index contributed by atoms with van der Waals surface area (Å²) in [7, 11) is 0. The van der Waals surface area contributed by atoms with Crippen LogP contribution in [0, 0.1) is 6.92 Å². The number of piperazine rings is 1. The van der Waals surface area contributed by atoms with E-state index in [0.29, 0.717) is 10.0 Å². The molecule has 1 aromatic heterocycles. The Hall–Kier alpha value is -1.56. The molecular weight excluding hydrogens is 345 g/mol. The quantitative estimate of drug-likeness (QED) is 0.887. The first-order valence-corrected chi connectivity index (χ1v) is 8.86. The van der Waals surface area contributed by atoms with Crippen molar-refractivity contribution in [3.05, 3.63) is 40.1 Å². The summed E-state index contributed by atoms with van der Waals surface area (Å²) in [5.74, 6) is 2.46. The second-order valence-electron chi connectivity index (χ2n) is 5.83. The molecule has 0 amide bonds. The molecule has 3 rings (SSSR count). The van der Waals surface area contributed by atoms with Crippen LogP contribution in [0.1, 0.15) is 12.7 Å². The normalized spacial score (nSPS) is 15.6. The monoisotopic (exact) mass is 365 g/mol. The number of rotatable bonds is 4. The molecule has 2 aromatic rings. The van der Waals surface area contributed by atoms with E-state index in [1.165, 1.54) is 0 Å². The van der Waals surface area contributed by atoms with Crippen molar-refractivity contribution in [1.29, 1.82) is 0 Å². The van der Waals surface area contributed by atoms with Gasteiger partial charge < -0.3 is 15.1 Å². The molecule has 5 nitrogen and oxygen atoms in total. The second-order valence-corrected chi connectivity index (χ2v) is 6.65. The molecule has 0 unspecified atom stereocenters. The molecule has 7 heteroatoms. The minimum absolute atomic E-state index is 0.517. The molecule has 1 saturated heterocycles. The predicted molar refractivity (Wildman–Crippen MR) is 101 cm³/mol. The minimum Gasteiger partial charge on any atom is -0.354 e. The van der Waals surface area contributed by atoms with Crippen LogP contribution in [0.4, 0.5) is 17.3 Å². The number of benzene rings is 1. The van der Waals surface area contributed by atoms with Crippen molar-refractivity contribution >= 4 is 40.5 Å². The number of hydrogen-bond acceptors (Lipinski definition) is 5. The van der Waals surface area contributed by atoms with Gasteiger partial charge in [-0.15, -0.1) is 0 Å². The van der Waals surface area contributed by atoms with Gasteiger partial charge in [-0.25, -0.2) is 9.97 Å². The topological polar surface area (TPSA) is 44.3 Å². The van der Waals surface area contributed by atoms with E-state index in [4.69, 9.17) is 23.2 Å². The molecular formula is C17H21Cl2N5. The van der Waals surface area contributed by atoms with E-state index in [0.717, 1.165) is 55.9 Å². The number of hydrogen-bond donors (Lipinski definition) is 1. The van der Waals surface area contributed by atoms with Crippen molar-refractivity contribution in [1.82, 2.24) is 14.9 Å². The van der Waals surface area contributed by atoms with Crippen LogP contribution in [-0.4, -0.2) is 47.6 Å². The van der Waals surface area contributed by atoms with E-state index in [1.54, 1.807) is 12.1 Å². The van der Waals surface area contributed by atoms with Crippen LogP contribution in [0.2, 0.25) is 10.0 Å². The standard InChI is InChI=1S/C17H21Cl2N5/c1-3-23-6-8-24(9-7-23)17-11-16(20-12(2)21-17)22-13-4-5-14(18)15(19)10-13/h4-5,10-11H,3,6-9H2,1-2H3,(H,20,21,22). The zero-order chi connectivity index (χ0) is 17.1. The third kappa shape index (κ3) is 4.09. The Morgan fingerprint density at radius 3 is 2.46 bits per heavy atom. The molecule has 0 radical (unpaired) electrons. The predicted octanol–water partition coefficient (Wildman–Crippen LogP) is 3.98. The lowest BCUT2D eigenvalue weighted by Gasteiger charge is -2.34. The van der Waals surface area contributed by atoms with Crippen molar-refractivity contribution in [2.45, 2.75) is 13.8 Å². The minimum atomic E-state index is 0.517. The van der Waals surface area contributed by atoms with Crippen LogP contribution >= 0.6 is 23.2 Å². The Morgan fingerprint density at radius 2 is 1.79 bits per heavy atom. The Balaban J connectivity index is 1.77. The number of likely N-dealkylation sites (N-methyl/N-ethyl adjacent to an activating group) is 1. The van der Waals surface area contributed by atoms with Gasteiger partial charge in [-0.3, -0.25) is 0 Å². The van der Waals surface area contributed by atoms with Gasteiger partial charge in [0.2, 0.25) is 0 Å². The number of anilines is 3. The van der Waals surface area contributed by atoms with Gasteiger partial charge in [0.05, 0.1) is 10.0 Å². The summed E-state index contributed by atoms with van der Waals surface area (Å²) in [5, 5.41) is 4.34. The third-order valence-electron chi connectivity index (χ3n) is 4.16. The van der Waals surface area contributed by atoms with Crippen LogP contribution in [0.5, 0.6) is 0 Å². The zero-order valence-corrected chi connectivity index (χ0v) is 15.4. The molecule has 0 atom stereocenters. The van der Waals surface area contributed by atoms with Gasteiger partial charge in [0.15, 0.2) is 0 Å². The van der Waals surface area contributed by atoms with Crippen molar-refractivity contribution in [2.24, 2.45) is 0 Å². The molecule has 0 saturated carbocycles. The van der Waals surface area contributed by atoms with Crippen LogP contribution < -0.4 is 10.2 Å². The first-order chi connectivity index (χ1) is 11.5. The maximum atomic E-state index is 6.07. The Bertz CT molecular complexity index is 714. The molecule has 1 aliphatic heterocycles. The molecule has 1 fully saturated rings. The highest BCUT2D eigenvalue weighted by molar-refractivity contribution is 6.42. The highest BCUT2D eigenvalue weighted by Crippen LogP contribution is 2.27. The number of nitrogens with one attached hydrogen (secondary N) is 1. The average Bonchev–Trinajstić information content (AvgIpc) is 2.58. The van der Waals surface area contributed by atoms with Crippen LogP contribution in [0.3, 0.4) is 0 Å². The molecule has 0 spiro atoms. The summed E-state index contributed by atoms with van der Waals surface area (Å²) in [4.78, 5) is 13.8. The molecule has 1 aliphatic rings. The van der Waals surface area contributed by atoms with Gasteiger partial charge in [0.25, 0.3) is 0 Å². The Morgan fingerprint density at radius 1 is 1.04 bits per heavy atom. The van der Waals surface area contributed by atoms with E-state index in [9.17, 15) is 0 Å². The highest BCUT2D eigenvalue weighted by atomic mass is 35.5. The van der Waals surface area contributed by atoms with E-state index in [1.807, 2.05) is 19.1 Å². The molecule has 2 heterocycles. The number of nitrogens with zero attached hydrogens (tertiary/aromatic N) is 4. The fourth-order valence-electron chi connectivity index (χ4n) is 2.79. The molecule has 24 heavy (non-hydrogen) atoms. The van der Waals surface area contributed by atoms with Gasteiger partial charge in [0, 0.05) is 37.9 Å².